The van der Waals surface area contributed by atoms with E-state index in [1.165, 1.54) is 75.2 Å². The van der Waals surface area contributed by atoms with Gasteiger partial charge in [0.25, 0.3) is 0 Å². The number of fused-ring (bicyclic) bond motifs is 7. The molecule has 2 heteroatoms. The van der Waals surface area contributed by atoms with E-state index in [0.717, 1.165) is 5.75 Å². The molecule has 3 unspecified atom stereocenters. The zero-order valence-corrected chi connectivity index (χ0v) is 27.6. The van der Waals surface area contributed by atoms with Gasteiger partial charge in [0.05, 0.1) is 0 Å². The Morgan fingerprint density at radius 2 is 1.42 bits per heavy atom. The van der Waals surface area contributed by atoms with Crippen LogP contribution >= 0.6 is 23.1 Å². The Bertz CT molecular complexity index is 2170. The van der Waals surface area contributed by atoms with Crippen LogP contribution in [-0.2, 0) is 0 Å². The Morgan fingerprint density at radius 1 is 0.711 bits per heavy atom. The second-order valence-corrected chi connectivity index (χ2v) is 14.5. The third-order valence-electron chi connectivity index (χ3n) is 9.85. The Labute approximate surface area is 274 Å². The summed E-state index contributed by atoms with van der Waals surface area (Å²) in [7, 11) is 0. The summed E-state index contributed by atoms with van der Waals surface area (Å²) in [4.78, 5) is 1.45. The van der Waals surface area contributed by atoms with E-state index >= 15 is 0 Å². The van der Waals surface area contributed by atoms with Crippen LogP contribution in [0.15, 0.2) is 138 Å². The van der Waals surface area contributed by atoms with Crippen molar-refractivity contribution in [1.29, 1.82) is 0 Å². The maximum absolute atomic E-state index is 2.47. The zero-order valence-electron chi connectivity index (χ0n) is 26.0. The first-order valence-corrected chi connectivity index (χ1v) is 17.8. The molecule has 2 heterocycles. The molecule has 0 radical (unpaired) electrons. The normalized spacial score (nSPS) is 20.7. The van der Waals surface area contributed by atoms with Crippen molar-refractivity contribution in [3.8, 4) is 11.1 Å². The van der Waals surface area contributed by atoms with Crippen LogP contribution in [0.5, 0.6) is 0 Å². The Morgan fingerprint density at radius 3 is 2.31 bits per heavy atom. The van der Waals surface area contributed by atoms with Gasteiger partial charge in [-0.1, -0.05) is 141 Å². The van der Waals surface area contributed by atoms with E-state index in [9.17, 15) is 0 Å². The molecule has 0 N–H and O–H groups in total. The summed E-state index contributed by atoms with van der Waals surface area (Å²) in [6.07, 6.45) is 9.04. The quantitative estimate of drug-likeness (QED) is 0.191. The second kappa shape index (κ2) is 11.7. The molecule has 0 spiro atoms. The van der Waals surface area contributed by atoms with Crippen LogP contribution in [0.25, 0.3) is 42.4 Å². The fourth-order valence-corrected chi connectivity index (χ4v) is 10.2. The predicted molar refractivity (Wildman–Crippen MR) is 199 cm³/mol. The Hall–Kier alpha value is -4.11. The number of benzene rings is 5. The van der Waals surface area contributed by atoms with E-state index in [1.807, 2.05) is 23.1 Å². The van der Waals surface area contributed by atoms with Crippen LogP contribution in [-0.4, -0.2) is 5.75 Å². The molecule has 8 rings (SSSR count). The van der Waals surface area contributed by atoms with Crippen LogP contribution in [0.3, 0.4) is 0 Å². The highest BCUT2D eigenvalue weighted by Gasteiger charge is 2.36. The molecule has 0 bridgehead atoms. The molecule has 0 fully saturated rings. The average molecular weight is 617 g/mol. The maximum Gasteiger partial charge on any atom is 0.0430 e. The molecule has 6 aromatic rings. The molecule has 45 heavy (non-hydrogen) atoms. The molecular weight excluding hydrogens is 581 g/mol. The lowest BCUT2D eigenvalue weighted by Crippen LogP contribution is -2.18. The molecule has 5 aromatic carbocycles. The summed E-state index contributed by atoms with van der Waals surface area (Å²) >= 11 is 3.92. The van der Waals surface area contributed by atoms with Crippen molar-refractivity contribution < 1.29 is 0 Å². The van der Waals surface area contributed by atoms with Crippen LogP contribution < -0.4 is 0 Å². The van der Waals surface area contributed by atoms with Gasteiger partial charge in [0.15, 0.2) is 0 Å². The van der Waals surface area contributed by atoms with Gasteiger partial charge in [-0.05, 0) is 69.0 Å². The standard InChI is InChI=1S/C43H36S2/c1-27-15-5-4-12-26-44-42-30(27)21-13-22-31(42)28(2)40-36-19-8-6-16-33(36)34-17-7-9-20-37(34)41(40)29(3)32-23-14-24-38-35-18-10-11-25-39(35)45-43(32)38/h4-25,27-28,40H,26H2,1-3H3/b12-4-,15-5-,41-29+. The van der Waals surface area contributed by atoms with Crippen molar-refractivity contribution in [2.75, 3.05) is 5.75 Å². The number of thiophene rings is 1. The molecule has 1 aliphatic carbocycles. The van der Waals surface area contributed by atoms with E-state index in [4.69, 9.17) is 0 Å². The molecular formula is C43H36S2. The Balaban J connectivity index is 1.40. The van der Waals surface area contributed by atoms with Gasteiger partial charge in [0.2, 0.25) is 0 Å². The minimum Gasteiger partial charge on any atom is -0.135 e. The first-order chi connectivity index (χ1) is 22.1. The minimum atomic E-state index is 0.210. The number of rotatable bonds is 3. The molecule has 0 saturated carbocycles. The lowest BCUT2D eigenvalue weighted by atomic mass is 9.67. The molecule has 1 aliphatic heterocycles. The van der Waals surface area contributed by atoms with Crippen molar-refractivity contribution in [2.24, 2.45) is 0 Å². The van der Waals surface area contributed by atoms with Crippen molar-refractivity contribution in [3.63, 3.8) is 0 Å². The van der Waals surface area contributed by atoms with Gasteiger partial charge < -0.3 is 0 Å². The highest BCUT2D eigenvalue weighted by Crippen LogP contribution is 2.56. The van der Waals surface area contributed by atoms with Gasteiger partial charge in [-0.15, -0.1) is 23.1 Å². The van der Waals surface area contributed by atoms with Crippen molar-refractivity contribution in [2.45, 2.75) is 43.4 Å². The molecule has 0 amide bonds. The summed E-state index contributed by atoms with van der Waals surface area (Å²) < 4.78 is 2.74. The van der Waals surface area contributed by atoms with Crippen LogP contribution in [0, 0.1) is 0 Å². The summed E-state index contributed by atoms with van der Waals surface area (Å²) in [5, 5.41) is 2.71. The van der Waals surface area contributed by atoms with Gasteiger partial charge >= 0.3 is 0 Å². The maximum atomic E-state index is 2.47. The molecule has 0 saturated heterocycles. The summed E-state index contributed by atoms with van der Waals surface area (Å²) in [6, 6.07) is 41.0. The highest BCUT2D eigenvalue weighted by molar-refractivity contribution is 7.99. The number of hydrogen-bond donors (Lipinski definition) is 0. The summed E-state index contributed by atoms with van der Waals surface area (Å²) in [6.45, 7) is 7.18. The van der Waals surface area contributed by atoms with E-state index in [0.29, 0.717) is 5.92 Å². The smallest absolute Gasteiger partial charge is 0.0430 e. The molecule has 2 aliphatic rings. The molecule has 3 atom stereocenters. The van der Waals surface area contributed by atoms with Gasteiger partial charge in [-0.3, -0.25) is 0 Å². The molecule has 1 aromatic heterocycles. The van der Waals surface area contributed by atoms with Crippen molar-refractivity contribution in [1.82, 2.24) is 0 Å². The van der Waals surface area contributed by atoms with Crippen LogP contribution in [0.1, 0.15) is 66.3 Å². The molecule has 0 nitrogen and oxygen atoms in total. The third kappa shape index (κ3) is 4.74. The second-order valence-electron chi connectivity index (χ2n) is 12.4. The van der Waals surface area contributed by atoms with Gasteiger partial charge in [0.1, 0.15) is 0 Å². The first-order valence-electron chi connectivity index (χ1n) is 16.0. The largest absolute Gasteiger partial charge is 0.135 e. The van der Waals surface area contributed by atoms with Crippen molar-refractivity contribution in [3.05, 3.63) is 161 Å². The van der Waals surface area contributed by atoms with E-state index in [1.54, 1.807) is 0 Å². The van der Waals surface area contributed by atoms with E-state index < -0.39 is 0 Å². The highest BCUT2D eigenvalue weighted by atomic mass is 32.2. The fourth-order valence-electron chi connectivity index (χ4n) is 7.67. The van der Waals surface area contributed by atoms with E-state index in [-0.39, 0.29) is 11.8 Å². The number of hydrogen-bond acceptors (Lipinski definition) is 2. The number of allylic oxidation sites excluding steroid dienone is 5. The van der Waals surface area contributed by atoms with E-state index in [2.05, 4.69) is 154 Å². The summed E-state index contributed by atoms with van der Waals surface area (Å²) in [5.41, 5.74) is 12.6. The van der Waals surface area contributed by atoms with Crippen LogP contribution in [0.4, 0.5) is 0 Å². The number of thioether (sulfide) groups is 1. The monoisotopic (exact) mass is 616 g/mol. The zero-order chi connectivity index (χ0) is 30.5. The van der Waals surface area contributed by atoms with Crippen LogP contribution in [0.2, 0.25) is 0 Å². The van der Waals surface area contributed by atoms with Crippen molar-refractivity contribution >= 4 is 54.4 Å². The predicted octanol–water partition coefficient (Wildman–Crippen LogP) is 12.9. The average Bonchev–Trinajstić information content (AvgIpc) is 3.50. The van der Waals surface area contributed by atoms with Gasteiger partial charge in [-0.2, -0.15) is 0 Å². The molecule has 220 valence electrons. The lowest BCUT2D eigenvalue weighted by molar-refractivity contribution is 0.672. The third-order valence-corrected chi connectivity index (χ3v) is 12.2. The van der Waals surface area contributed by atoms with Gasteiger partial charge in [0, 0.05) is 42.7 Å². The first kappa shape index (κ1) is 28.4. The minimum absolute atomic E-state index is 0.210. The van der Waals surface area contributed by atoms with Gasteiger partial charge in [-0.25, -0.2) is 0 Å². The fraction of sp³-hybridized carbons (Fsp3) is 0.163. The lowest BCUT2D eigenvalue weighted by Gasteiger charge is -2.37. The summed E-state index contributed by atoms with van der Waals surface area (Å²) in [5.74, 6) is 1.83. The topological polar surface area (TPSA) is 0 Å². The Kier molecular flexibility index (Phi) is 7.36. The SMILES string of the molecule is C/C(=C1/c2ccccc2-c2ccccc2C1C(C)c1cccc2c1SC/C=C\C=C/C2C)c1cccc2c1sc1ccccc12.